The van der Waals surface area contributed by atoms with Crippen LogP contribution in [0.25, 0.3) is 22.4 Å². The maximum absolute atomic E-state index is 12.2. The molecule has 0 saturated heterocycles. The number of nitrogens with one attached hydrogen (secondary N) is 1. The smallest absolute Gasteiger partial charge is 0.224 e. The second kappa shape index (κ2) is 6.88. The number of para-hydroxylation sites is 2. The van der Waals surface area contributed by atoms with Crippen LogP contribution >= 0.6 is 0 Å². The van der Waals surface area contributed by atoms with Crippen LogP contribution in [0, 0.1) is 0 Å². The number of aryl methyl sites for hydroxylation is 2. The number of anilines is 1. The third-order valence-electron chi connectivity index (χ3n) is 4.37. The molecule has 0 aliphatic heterocycles. The van der Waals surface area contributed by atoms with Crippen LogP contribution < -0.4 is 5.32 Å². The summed E-state index contributed by atoms with van der Waals surface area (Å²) in [5.74, 6) is 1.65. The number of benzene rings is 2. The van der Waals surface area contributed by atoms with E-state index in [2.05, 4.69) is 9.88 Å². The predicted octanol–water partition coefficient (Wildman–Crippen LogP) is 4.40. The van der Waals surface area contributed by atoms with E-state index in [9.17, 15) is 4.79 Å². The van der Waals surface area contributed by atoms with Gasteiger partial charge in [-0.15, -0.1) is 0 Å². The minimum absolute atomic E-state index is 0.0384. The average Bonchev–Trinajstić information content (AvgIpc) is 3.29. The molecule has 2 heterocycles. The first-order valence-electron chi connectivity index (χ1n) is 8.55. The number of carbonyl (C=O) groups is 1. The summed E-state index contributed by atoms with van der Waals surface area (Å²) in [6.07, 6.45) is 2.58. The molecule has 5 nitrogen and oxygen atoms in total. The maximum Gasteiger partial charge on any atom is 0.224 e. The fourth-order valence-electron chi connectivity index (χ4n) is 3.05. The summed E-state index contributed by atoms with van der Waals surface area (Å²) in [5, 5.41) is 2.95. The van der Waals surface area contributed by atoms with Crippen molar-refractivity contribution < 1.29 is 9.21 Å². The highest BCUT2D eigenvalue weighted by Crippen LogP contribution is 2.25. The number of rotatable bonds is 5. The zero-order chi connectivity index (χ0) is 17.9. The number of fused-ring (bicyclic) bond motifs is 1. The second-order valence-electron chi connectivity index (χ2n) is 6.19. The van der Waals surface area contributed by atoms with Gasteiger partial charge >= 0.3 is 0 Å². The lowest BCUT2D eigenvalue weighted by molar-refractivity contribution is -0.116. The molecule has 26 heavy (non-hydrogen) atoms. The molecule has 2 aromatic carbocycles. The molecule has 4 rings (SSSR count). The molecular weight excluding hydrogens is 326 g/mol. The number of furan rings is 1. The van der Waals surface area contributed by atoms with E-state index in [1.807, 2.05) is 67.7 Å². The van der Waals surface area contributed by atoms with E-state index >= 15 is 0 Å². The quantitative estimate of drug-likeness (QED) is 0.583. The molecule has 1 amide bonds. The van der Waals surface area contributed by atoms with E-state index in [0.717, 1.165) is 33.9 Å². The molecule has 0 unspecified atom stereocenters. The van der Waals surface area contributed by atoms with E-state index in [-0.39, 0.29) is 5.91 Å². The largest absolute Gasteiger partial charge is 0.469 e. The van der Waals surface area contributed by atoms with Crippen LogP contribution in [0.15, 0.2) is 71.3 Å². The number of aromatic nitrogens is 2. The molecule has 0 spiro atoms. The van der Waals surface area contributed by atoms with Crippen LogP contribution in [0.1, 0.15) is 12.2 Å². The van der Waals surface area contributed by atoms with E-state index in [0.29, 0.717) is 12.8 Å². The van der Waals surface area contributed by atoms with E-state index in [1.54, 1.807) is 6.26 Å². The Morgan fingerprint density at radius 1 is 1.12 bits per heavy atom. The van der Waals surface area contributed by atoms with Crippen molar-refractivity contribution in [2.24, 2.45) is 7.05 Å². The molecule has 0 atom stereocenters. The van der Waals surface area contributed by atoms with Gasteiger partial charge in [0.2, 0.25) is 5.91 Å². The van der Waals surface area contributed by atoms with E-state index < -0.39 is 0 Å². The Bertz CT molecular complexity index is 1050. The van der Waals surface area contributed by atoms with Crippen molar-refractivity contribution in [2.75, 3.05) is 5.32 Å². The fraction of sp³-hybridized carbons (Fsp3) is 0.143. The molecule has 0 saturated carbocycles. The Balaban J connectivity index is 1.52. The van der Waals surface area contributed by atoms with Gasteiger partial charge in [0, 0.05) is 31.1 Å². The van der Waals surface area contributed by atoms with E-state index in [1.165, 1.54) is 0 Å². The average molecular weight is 345 g/mol. The highest BCUT2D eigenvalue weighted by molar-refractivity contribution is 5.91. The molecule has 4 aromatic rings. The molecule has 1 N–H and O–H groups in total. The van der Waals surface area contributed by atoms with Gasteiger partial charge in [0.15, 0.2) is 0 Å². The fourth-order valence-corrected chi connectivity index (χ4v) is 3.05. The van der Waals surface area contributed by atoms with Crippen molar-refractivity contribution in [3.05, 3.63) is 72.7 Å². The first-order valence-corrected chi connectivity index (χ1v) is 8.55. The number of nitrogens with zero attached hydrogens (tertiary/aromatic N) is 2. The summed E-state index contributed by atoms with van der Waals surface area (Å²) >= 11 is 0. The summed E-state index contributed by atoms with van der Waals surface area (Å²) in [6.45, 7) is 0. The predicted molar refractivity (Wildman–Crippen MR) is 102 cm³/mol. The van der Waals surface area contributed by atoms with Gasteiger partial charge in [-0.3, -0.25) is 4.79 Å². The molecule has 0 bridgehead atoms. The van der Waals surface area contributed by atoms with Crippen molar-refractivity contribution in [3.63, 3.8) is 0 Å². The van der Waals surface area contributed by atoms with Crippen LogP contribution in [0.5, 0.6) is 0 Å². The van der Waals surface area contributed by atoms with Crippen LogP contribution in [-0.4, -0.2) is 15.5 Å². The SMILES string of the molecule is Cn1c(-c2cccc(NC(=O)CCc3ccco3)c2)nc2ccccc21. The highest BCUT2D eigenvalue weighted by Gasteiger charge is 2.11. The van der Waals surface area contributed by atoms with Crippen molar-refractivity contribution in [1.29, 1.82) is 0 Å². The Kier molecular flexibility index (Phi) is 4.27. The number of amides is 1. The normalized spacial score (nSPS) is 11.0. The molecule has 130 valence electrons. The number of imidazole rings is 1. The Morgan fingerprint density at radius 3 is 2.81 bits per heavy atom. The molecule has 5 heteroatoms. The van der Waals surface area contributed by atoms with Gasteiger partial charge < -0.3 is 14.3 Å². The second-order valence-corrected chi connectivity index (χ2v) is 6.19. The first kappa shape index (κ1) is 16.1. The van der Waals surface area contributed by atoms with Gasteiger partial charge in [0.25, 0.3) is 0 Å². The minimum Gasteiger partial charge on any atom is -0.469 e. The lowest BCUT2D eigenvalue weighted by atomic mass is 10.1. The maximum atomic E-state index is 12.2. The van der Waals surface area contributed by atoms with Gasteiger partial charge in [-0.2, -0.15) is 0 Å². The zero-order valence-corrected chi connectivity index (χ0v) is 14.5. The van der Waals surface area contributed by atoms with Gasteiger partial charge in [-0.05, 0) is 36.4 Å². The molecule has 0 aliphatic carbocycles. The van der Waals surface area contributed by atoms with Gasteiger partial charge in [0.1, 0.15) is 11.6 Å². The lowest BCUT2D eigenvalue weighted by Gasteiger charge is -2.07. The van der Waals surface area contributed by atoms with Gasteiger partial charge in [-0.1, -0.05) is 24.3 Å². The van der Waals surface area contributed by atoms with Crippen LogP contribution in [-0.2, 0) is 18.3 Å². The van der Waals surface area contributed by atoms with Gasteiger partial charge in [-0.25, -0.2) is 4.98 Å². The van der Waals surface area contributed by atoms with Gasteiger partial charge in [0.05, 0.1) is 17.3 Å². The Morgan fingerprint density at radius 2 is 2.00 bits per heavy atom. The topological polar surface area (TPSA) is 60.1 Å². The lowest BCUT2D eigenvalue weighted by Crippen LogP contribution is -2.12. The first-order chi connectivity index (χ1) is 12.7. The highest BCUT2D eigenvalue weighted by atomic mass is 16.3. The van der Waals surface area contributed by atoms with Crippen molar-refractivity contribution >= 4 is 22.6 Å². The van der Waals surface area contributed by atoms with E-state index in [4.69, 9.17) is 9.40 Å². The molecule has 2 aromatic heterocycles. The molecular formula is C21H19N3O2. The van der Waals surface area contributed by atoms with Crippen LogP contribution in [0.4, 0.5) is 5.69 Å². The van der Waals surface area contributed by atoms with Crippen molar-refractivity contribution in [3.8, 4) is 11.4 Å². The Labute approximate surface area is 151 Å². The standard InChI is InChI=1S/C21H19N3O2/c1-24-19-10-3-2-9-18(19)23-21(24)15-6-4-7-16(14-15)22-20(25)12-11-17-8-5-13-26-17/h2-10,13-14H,11-12H2,1H3,(H,22,25). The molecule has 0 radical (unpaired) electrons. The van der Waals surface area contributed by atoms with Crippen molar-refractivity contribution in [1.82, 2.24) is 9.55 Å². The number of carbonyl (C=O) groups excluding carboxylic acids is 1. The summed E-state index contributed by atoms with van der Waals surface area (Å²) in [7, 11) is 2.00. The summed E-state index contributed by atoms with van der Waals surface area (Å²) in [4.78, 5) is 16.9. The number of hydrogen-bond acceptors (Lipinski definition) is 3. The summed E-state index contributed by atoms with van der Waals surface area (Å²) < 4.78 is 7.32. The zero-order valence-electron chi connectivity index (χ0n) is 14.5. The molecule has 0 aliphatic rings. The van der Waals surface area contributed by atoms with Crippen LogP contribution in [0.3, 0.4) is 0 Å². The van der Waals surface area contributed by atoms with Crippen molar-refractivity contribution in [2.45, 2.75) is 12.8 Å². The number of hydrogen-bond donors (Lipinski definition) is 1. The third kappa shape index (κ3) is 3.24. The van der Waals surface area contributed by atoms with Crippen LogP contribution in [0.2, 0.25) is 0 Å². The third-order valence-corrected chi connectivity index (χ3v) is 4.37. The molecule has 0 fully saturated rings. The summed E-state index contributed by atoms with van der Waals surface area (Å²) in [5.41, 5.74) is 3.76. The Hall–Kier alpha value is -3.34. The minimum atomic E-state index is -0.0384. The monoisotopic (exact) mass is 345 g/mol. The summed E-state index contributed by atoms with van der Waals surface area (Å²) in [6, 6.07) is 19.5.